The van der Waals surface area contributed by atoms with E-state index in [1.807, 2.05) is 12.1 Å². The van der Waals surface area contributed by atoms with Crippen LogP contribution in [0.4, 0.5) is 0 Å². The van der Waals surface area contributed by atoms with E-state index >= 15 is 0 Å². The molecule has 0 N–H and O–H groups in total. The number of hydrogen-bond acceptors (Lipinski definition) is 4. The molecule has 3 aliphatic rings. The van der Waals surface area contributed by atoms with Crippen LogP contribution in [0.15, 0.2) is 291 Å². The number of aromatic nitrogens is 4. The highest BCUT2D eigenvalue weighted by atomic mass is 14.9. The van der Waals surface area contributed by atoms with E-state index in [2.05, 4.69) is 279 Å². The average molecular weight is 1020 g/mol. The third kappa shape index (κ3) is 8.61. The Hall–Kier alpha value is -10.4. The summed E-state index contributed by atoms with van der Waals surface area (Å²) in [5.41, 5.74) is 27.1. The molecule has 0 amide bonds. The third-order valence-corrected chi connectivity index (χ3v) is 16.1. The molecule has 0 aliphatic heterocycles. The Morgan fingerprint density at radius 3 is 0.775 bits per heavy atom. The van der Waals surface area contributed by atoms with Crippen molar-refractivity contribution in [1.29, 1.82) is 0 Å². The van der Waals surface area contributed by atoms with Crippen molar-refractivity contribution in [3.8, 4) is 112 Å². The van der Waals surface area contributed by atoms with Gasteiger partial charge in [-0.3, -0.25) is 0 Å². The Morgan fingerprint density at radius 1 is 0.163 bits per heavy atom. The van der Waals surface area contributed by atoms with Crippen LogP contribution in [0.3, 0.4) is 0 Å². The Labute approximate surface area is 466 Å². The van der Waals surface area contributed by atoms with Gasteiger partial charge in [-0.25, -0.2) is 19.9 Å². The second-order valence-electron chi connectivity index (χ2n) is 20.9. The SMILES string of the molecule is c1ccc(-c2ccc(-c3cccc(-c4cc(-c5ccc6c(c5)C5c7ccccc7C6c6cc(-c7cc(-c8cccc(-c9ccc(-c%10ccccc%10)cc9)c8)nc(-c8ccccc8)n7)ccc65)nc(-c5ccccc5)n4)c3)cc2)cc1. The first-order valence-electron chi connectivity index (χ1n) is 27.4. The second kappa shape index (κ2) is 19.9. The summed E-state index contributed by atoms with van der Waals surface area (Å²) in [5, 5.41) is 0. The predicted octanol–water partition coefficient (Wildman–Crippen LogP) is 18.9. The summed E-state index contributed by atoms with van der Waals surface area (Å²) in [6.45, 7) is 0. The van der Waals surface area contributed by atoms with Crippen LogP contribution >= 0.6 is 0 Å². The van der Waals surface area contributed by atoms with E-state index in [4.69, 9.17) is 19.9 Å². The van der Waals surface area contributed by atoms with E-state index in [1.165, 1.54) is 55.6 Å². The zero-order valence-corrected chi connectivity index (χ0v) is 43.7. The number of benzene rings is 11. The summed E-state index contributed by atoms with van der Waals surface area (Å²) in [7, 11) is 0. The maximum atomic E-state index is 5.33. The first-order valence-corrected chi connectivity index (χ1v) is 27.4. The molecule has 13 aromatic rings. The lowest BCUT2D eigenvalue weighted by atomic mass is 9.60. The second-order valence-corrected chi connectivity index (χ2v) is 20.9. The van der Waals surface area contributed by atoms with E-state index in [0.717, 1.165) is 78.4 Å². The molecule has 3 aliphatic carbocycles. The highest BCUT2D eigenvalue weighted by Crippen LogP contribution is 2.57. The standard InChI is InChI=1S/C76H50N4/c1-5-17-49(18-6-1)51-31-35-53(36-32-51)57-25-15-27-59(43-57)69-47-71(79-75(77-69)55-21-9-3-10-22-55)61-39-41-65-67(45-61)73-63-29-13-14-30-64(63)74(65)68-46-62(40-42-66(68)73)72-48-70(78-76(80-72)56-23-11-4-12-24-56)60-28-16-26-58(44-60)54-37-33-52(34-38-54)50-19-7-2-8-20-50/h1-48,73-74H. The molecule has 0 saturated heterocycles. The molecule has 2 bridgehead atoms. The highest BCUT2D eigenvalue weighted by molar-refractivity contribution is 5.82. The van der Waals surface area contributed by atoms with Crippen LogP contribution in [-0.2, 0) is 0 Å². The summed E-state index contributed by atoms with van der Waals surface area (Å²) in [4.78, 5) is 21.2. The smallest absolute Gasteiger partial charge is 0.160 e. The average Bonchev–Trinajstić information content (AvgIpc) is 3.68. The molecule has 0 fully saturated rings. The van der Waals surface area contributed by atoms with Gasteiger partial charge in [0.05, 0.1) is 22.8 Å². The van der Waals surface area contributed by atoms with Crippen molar-refractivity contribution >= 4 is 0 Å². The topological polar surface area (TPSA) is 51.6 Å². The Bertz CT molecular complexity index is 4150. The Morgan fingerprint density at radius 2 is 0.412 bits per heavy atom. The van der Waals surface area contributed by atoms with E-state index in [1.54, 1.807) is 0 Å². The molecule has 0 saturated carbocycles. The Balaban J connectivity index is 0.797. The lowest BCUT2D eigenvalue weighted by Gasteiger charge is -2.42. The quantitative estimate of drug-likeness (QED) is 0.137. The van der Waals surface area contributed by atoms with Gasteiger partial charge in [-0.1, -0.05) is 255 Å². The minimum absolute atomic E-state index is 0.0420. The van der Waals surface area contributed by atoms with Crippen LogP contribution in [0, 0.1) is 0 Å². The van der Waals surface area contributed by atoms with Gasteiger partial charge in [0.2, 0.25) is 0 Å². The van der Waals surface area contributed by atoms with Crippen molar-refractivity contribution in [3.63, 3.8) is 0 Å². The fourth-order valence-electron chi connectivity index (χ4n) is 12.1. The molecular weight excluding hydrogens is 969 g/mol. The zero-order chi connectivity index (χ0) is 52.9. The first-order chi connectivity index (χ1) is 39.6. The Kier molecular flexibility index (Phi) is 11.6. The van der Waals surface area contributed by atoms with Gasteiger partial charge in [0.25, 0.3) is 0 Å². The number of nitrogens with zero attached hydrogens (tertiary/aromatic N) is 4. The van der Waals surface area contributed by atoms with E-state index < -0.39 is 0 Å². The molecule has 16 rings (SSSR count). The molecule has 2 atom stereocenters. The molecule has 4 heteroatoms. The van der Waals surface area contributed by atoms with Gasteiger partial charge < -0.3 is 0 Å². The monoisotopic (exact) mass is 1020 g/mol. The minimum Gasteiger partial charge on any atom is -0.228 e. The van der Waals surface area contributed by atoms with Crippen LogP contribution in [-0.4, -0.2) is 19.9 Å². The normalized spacial score (nSPS) is 13.8. The molecule has 11 aromatic carbocycles. The number of rotatable bonds is 10. The largest absolute Gasteiger partial charge is 0.228 e. The summed E-state index contributed by atoms with van der Waals surface area (Å²) >= 11 is 0. The lowest BCUT2D eigenvalue weighted by Crippen LogP contribution is -2.27. The van der Waals surface area contributed by atoms with Crippen molar-refractivity contribution in [2.75, 3.05) is 0 Å². The number of hydrogen-bond donors (Lipinski definition) is 0. The molecule has 374 valence electrons. The van der Waals surface area contributed by atoms with E-state index in [-0.39, 0.29) is 11.8 Å². The first kappa shape index (κ1) is 46.8. The summed E-state index contributed by atoms with van der Waals surface area (Å²) in [5.74, 6) is 1.48. The maximum Gasteiger partial charge on any atom is 0.160 e. The molecule has 0 radical (unpaired) electrons. The lowest BCUT2D eigenvalue weighted by molar-refractivity contribution is 0.755. The maximum absolute atomic E-state index is 5.33. The van der Waals surface area contributed by atoms with Crippen molar-refractivity contribution in [1.82, 2.24) is 19.9 Å². The van der Waals surface area contributed by atoms with Crippen LogP contribution in [0.5, 0.6) is 0 Å². The molecule has 2 aromatic heterocycles. The van der Waals surface area contributed by atoms with Crippen molar-refractivity contribution in [2.45, 2.75) is 11.8 Å². The van der Waals surface area contributed by atoms with Gasteiger partial charge >= 0.3 is 0 Å². The minimum atomic E-state index is 0.0420. The summed E-state index contributed by atoms with van der Waals surface area (Å²) < 4.78 is 0. The molecule has 0 spiro atoms. The van der Waals surface area contributed by atoms with Gasteiger partial charge in [-0.15, -0.1) is 0 Å². The fraction of sp³-hybridized carbons (Fsp3) is 0.0263. The molecule has 2 unspecified atom stereocenters. The van der Waals surface area contributed by atoms with Crippen LogP contribution in [0.1, 0.15) is 45.2 Å². The molecule has 4 nitrogen and oxygen atoms in total. The van der Waals surface area contributed by atoms with Crippen LogP contribution in [0.2, 0.25) is 0 Å². The third-order valence-electron chi connectivity index (χ3n) is 16.1. The van der Waals surface area contributed by atoms with Crippen LogP contribution < -0.4 is 0 Å². The van der Waals surface area contributed by atoms with Gasteiger partial charge in [0.1, 0.15) is 0 Å². The zero-order valence-electron chi connectivity index (χ0n) is 43.7. The highest BCUT2D eigenvalue weighted by Gasteiger charge is 2.41. The van der Waals surface area contributed by atoms with Crippen molar-refractivity contribution in [3.05, 3.63) is 325 Å². The molecular formula is C76H50N4. The van der Waals surface area contributed by atoms with Crippen molar-refractivity contribution < 1.29 is 0 Å². The van der Waals surface area contributed by atoms with E-state index in [0.29, 0.717) is 11.6 Å². The summed E-state index contributed by atoms with van der Waals surface area (Å²) in [6, 6.07) is 104. The predicted molar refractivity (Wildman–Crippen MR) is 327 cm³/mol. The summed E-state index contributed by atoms with van der Waals surface area (Å²) in [6.07, 6.45) is 0. The van der Waals surface area contributed by atoms with Crippen molar-refractivity contribution in [2.24, 2.45) is 0 Å². The van der Waals surface area contributed by atoms with Gasteiger partial charge in [-0.2, -0.15) is 0 Å². The molecule has 80 heavy (non-hydrogen) atoms. The molecule has 2 heterocycles. The van der Waals surface area contributed by atoms with Gasteiger partial charge in [0, 0.05) is 45.2 Å². The van der Waals surface area contributed by atoms with E-state index in [9.17, 15) is 0 Å². The van der Waals surface area contributed by atoms with Gasteiger partial charge in [-0.05, 0) is 114 Å². The fourth-order valence-corrected chi connectivity index (χ4v) is 12.1. The van der Waals surface area contributed by atoms with Crippen LogP contribution in [0.25, 0.3) is 112 Å². The van der Waals surface area contributed by atoms with Gasteiger partial charge in [0.15, 0.2) is 11.6 Å².